The van der Waals surface area contributed by atoms with Crippen molar-refractivity contribution in [1.82, 2.24) is 4.98 Å². The molecule has 0 saturated carbocycles. The smallest absolute Gasteiger partial charge is 0.274 e. The Bertz CT molecular complexity index is 1320. The van der Waals surface area contributed by atoms with Gasteiger partial charge >= 0.3 is 0 Å². The van der Waals surface area contributed by atoms with Crippen LogP contribution in [0.5, 0.6) is 5.75 Å². The van der Waals surface area contributed by atoms with Crippen LogP contribution in [0, 0.1) is 0 Å². The molecule has 144 valence electrons. The van der Waals surface area contributed by atoms with Gasteiger partial charge in [0.25, 0.3) is 5.91 Å². The summed E-state index contributed by atoms with van der Waals surface area (Å²) in [7, 11) is 0. The maximum Gasteiger partial charge on any atom is 0.274 e. The van der Waals surface area contributed by atoms with E-state index in [0.717, 1.165) is 32.9 Å². The number of nitrogens with one attached hydrogen (secondary N) is 1. The van der Waals surface area contributed by atoms with Gasteiger partial charge in [0, 0.05) is 40.4 Å². The van der Waals surface area contributed by atoms with Crippen molar-refractivity contribution in [3.8, 4) is 5.75 Å². The number of Topliss-reactive ketones (excluding diaryl/α,β-unsaturated/α-hetero) is 1. The second-order valence-corrected chi connectivity index (χ2v) is 7.73. The summed E-state index contributed by atoms with van der Waals surface area (Å²) in [6.07, 6.45) is 0. The molecule has 0 spiro atoms. The van der Waals surface area contributed by atoms with E-state index in [1.54, 1.807) is 29.2 Å². The van der Waals surface area contributed by atoms with Crippen molar-refractivity contribution in [1.29, 1.82) is 0 Å². The number of nitrogens with zero attached hydrogens (tertiary/aromatic N) is 1. The predicted octanol–water partition coefficient (Wildman–Crippen LogP) is 4.99. The van der Waals surface area contributed by atoms with Gasteiger partial charge in [0.15, 0.2) is 5.78 Å². The highest BCUT2D eigenvalue weighted by atomic mass is 16.3. The normalized spacial score (nSPS) is 15.8. The number of carbonyl (C=O) groups excluding carboxylic acids is 2. The van der Waals surface area contributed by atoms with E-state index >= 15 is 0 Å². The van der Waals surface area contributed by atoms with Crippen molar-refractivity contribution in [2.24, 2.45) is 0 Å². The van der Waals surface area contributed by atoms with Crippen LogP contribution in [0.1, 0.15) is 46.2 Å². The van der Waals surface area contributed by atoms with E-state index in [2.05, 4.69) is 11.9 Å². The van der Waals surface area contributed by atoms with Crippen LogP contribution >= 0.6 is 0 Å². The Kier molecular flexibility index (Phi) is 3.74. The fourth-order valence-corrected chi connectivity index (χ4v) is 4.37. The van der Waals surface area contributed by atoms with E-state index in [1.165, 1.54) is 6.92 Å². The van der Waals surface area contributed by atoms with Gasteiger partial charge < -0.3 is 15.0 Å². The number of aromatic nitrogens is 1. The summed E-state index contributed by atoms with van der Waals surface area (Å²) in [5.74, 6) is 0.179. The molecule has 1 aliphatic heterocycles. The molecule has 0 bridgehead atoms. The van der Waals surface area contributed by atoms with Gasteiger partial charge in [-0.2, -0.15) is 0 Å². The lowest BCUT2D eigenvalue weighted by molar-refractivity contribution is 0.0982. The van der Waals surface area contributed by atoms with Crippen molar-refractivity contribution < 1.29 is 14.7 Å². The highest BCUT2D eigenvalue weighted by Crippen LogP contribution is 2.45. The summed E-state index contributed by atoms with van der Waals surface area (Å²) < 4.78 is 0. The molecule has 1 aromatic heterocycles. The Balaban J connectivity index is 1.60. The summed E-state index contributed by atoms with van der Waals surface area (Å²) in [4.78, 5) is 29.9. The third-order valence-corrected chi connectivity index (χ3v) is 5.79. The number of fused-ring (bicyclic) bond motifs is 4. The predicted molar refractivity (Wildman–Crippen MR) is 114 cm³/mol. The Hall–Kier alpha value is -3.60. The molecule has 0 unspecified atom stereocenters. The molecule has 1 aliphatic rings. The zero-order valence-corrected chi connectivity index (χ0v) is 16.2. The molecule has 5 heteroatoms. The van der Waals surface area contributed by atoms with Crippen LogP contribution in [0.3, 0.4) is 0 Å². The second-order valence-electron chi connectivity index (χ2n) is 7.73. The fraction of sp³-hybridized carbons (Fsp3) is 0.167. The molecule has 4 aromatic rings. The molecular weight excluding hydrogens is 364 g/mol. The highest BCUT2D eigenvalue weighted by Gasteiger charge is 2.33. The molecule has 2 heterocycles. The zero-order chi connectivity index (χ0) is 20.3. The monoisotopic (exact) mass is 384 g/mol. The number of amides is 1. The molecule has 5 rings (SSSR count). The van der Waals surface area contributed by atoms with Crippen molar-refractivity contribution in [2.45, 2.75) is 19.8 Å². The average Bonchev–Trinajstić information content (AvgIpc) is 3.28. The number of anilines is 1. The minimum atomic E-state index is -0.147. The third-order valence-electron chi connectivity index (χ3n) is 5.79. The molecule has 0 saturated heterocycles. The van der Waals surface area contributed by atoms with Crippen LogP contribution in [-0.4, -0.2) is 28.3 Å². The van der Waals surface area contributed by atoms with Gasteiger partial charge in [-0.1, -0.05) is 31.2 Å². The quantitative estimate of drug-likeness (QED) is 0.478. The molecule has 5 nitrogen and oxygen atoms in total. The number of aromatic amines is 1. The zero-order valence-electron chi connectivity index (χ0n) is 16.2. The Morgan fingerprint density at radius 1 is 1.07 bits per heavy atom. The molecule has 2 N–H and O–H groups in total. The SMILES string of the molecule is CC(=O)c1ccc2[nH]c(C(=O)N3C[C@@H](C)c4c3cc(O)c3ccccc43)cc2c1. The van der Waals surface area contributed by atoms with Crippen LogP contribution in [-0.2, 0) is 0 Å². The van der Waals surface area contributed by atoms with E-state index in [9.17, 15) is 14.7 Å². The molecule has 29 heavy (non-hydrogen) atoms. The van der Waals surface area contributed by atoms with Gasteiger partial charge in [-0.3, -0.25) is 9.59 Å². The first-order chi connectivity index (χ1) is 13.9. The Morgan fingerprint density at radius 2 is 1.83 bits per heavy atom. The molecule has 1 amide bonds. The van der Waals surface area contributed by atoms with Crippen molar-refractivity contribution in [3.63, 3.8) is 0 Å². The minimum Gasteiger partial charge on any atom is -0.507 e. The Labute approximate surface area is 167 Å². The lowest BCUT2D eigenvalue weighted by atomic mass is 9.95. The number of phenolic OH excluding ortho intramolecular Hbond substituents is 1. The van der Waals surface area contributed by atoms with Crippen molar-refractivity contribution in [2.75, 3.05) is 11.4 Å². The summed E-state index contributed by atoms with van der Waals surface area (Å²) in [6.45, 7) is 4.18. The first-order valence-electron chi connectivity index (χ1n) is 9.64. The van der Waals surface area contributed by atoms with Gasteiger partial charge in [-0.25, -0.2) is 0 Å². The molecular formula is C24H20N2O3. The molecule has 1 atom stereocenters. The van der Waals surface area contributed by atoms with Crippen molar-refractivity contribution in [3.05, 3.63) is 71.4 Å². The maximum absolute atomic E-state index is 13.3. The van der Waals surface area contributed by atoms with Crippen LogP contribution in [0.2, 0.25) is 0 Å². The van der Waals surface area contributed by atoms with Crippen molar-refractivity contribution >= 4 is 39.1 Å². The first kappa shape index (κ1) is 17.5. The van der Waals surface area contributed by atoms with Gasteiger partial charge in [-0.05, 0) is 42.1 Å². The average molecular weight is 384 g/mol. The number of hydrogen-bond donors (Lipinski definition) is 2. The third kappa shape index (κ3) is 2.62. The van der Waals surface area contributed by atoms with Crippen LogP contribution in [0.15, 0.2) is 54.6 Å². The van der Waals surface area contributed by atoms with Gasteiger partial charge in [0.05, 0.1) is 5.69 Å². The van der Waals surface area contributed by atoms with E-state index < -0.39 is 0 Å². The molecule has 0 fully saturated rings. The lowest BCUT2D eigenvalue weighted by Gasteiger charge is -2.17. The van der Waals surface area contributed by atoms with Gasteiger partial charge in [0.2, 0.25) is 0 Å². The van der Waals surface area contributed by atoms with E-state index in [1.807, 2.05) is 30.3 Å². The minimum absolute atomic E-state index is 0.00868. The number of hydrogen-bond acceptors (Lipinski definition) is 3. The largest absolute Gasteiger partial charge is 0.507 e. The lowest BCUT2D eigenvalue weighted by Crippen LogP contribution is -2.29. The topological polar surface area (TPSA) is 73.4 Å². The van der Waals surface area contributed by atoms with Gasteiger partial charge in [-0.15, -0.1) is 0 Å². The maximum atomic E-state index is 13.3. The summed E-state index contributed by atoms with van der Waals surface area (Å²) in [5.41, 5.74) is 3.73. The number of aromatic hydroxyl groups is 1. The van der Waals surface area contributed by atoms with E-state index in [-0.39, 0.29) is 23.4 Å². The Morgan fingerprint density at radius 3 is 2.59 bits per heavy atom. The number of H-pyrrole nitrogens is 1. The number of ketones is 1. The number of benzene rings is 3. The molecule has 0 radical (unpaired) electrons. The van der Waals surface area contributed by atoms with E-state index in [0.29, 0.717) is 17.8 Å². The summed E-state index contributed by atoms with van der Waals surface area (Å²) in [6, 6.07) is 16.6. The number of phenols is 1. The second kappa shape index (κ2) is 6.21. The van der Waals surface area contributed by atoms with Crippen LogP contribution < -0.4 is 4.90 Å². The van der Waals surface area contributed by atoms with Crippen LogP contribution in [0.25, 0.3) is 21.7 Å². The number of rotatable bonds is 2. The van der Waals surface area contributed by atoms with Gasteiger partial charge in [0.1, 0.15) is 11.4 Å². The summed E-state index contributed by atoms with van der Waals surface area (Å²) in [5, 5.41) is 13.1. The summed E-state index contributed by atoms with van der Waals surface area (Å²) >= 11 is 0. The van der Waals surface area contributed by atoms with E-state index in [4.69, 9.17) is 0 Å². The highest BCUT2D eigenvalue weighted by molar-refractivity contribution is 6.11. The standard InChI is InChI=1S/C24H20N2O3/c1-13-12-26(21-11-22(28)17-5-3-4-6-18(17)23(13)21)24(29)20-10-16-9-15(14(2)27)7-8-19(16)25-20/h3-11,13,25,28H,12H2,1-2H3/t13-/m1/s1. The van der Waals surface area contributed by atoms with Crippen LogP contribution in [0.4, 0.5) is 5.69 Å². The molecule has 0 aliphatic carbocycles. The fourth-order valence-electron chi connectivity index (χ4n) is 4.37. The molecule has 3 aromatic carbocycles. The number of carbonyl (C=O) groups is 2. The first-order valence-corrected chi connectivity index (χ1v) is 9.64.